The predicted octanol–water partition coefficient (Wildman–Crippen LogP) is 5.48. The van der Waals surface area contributed by atoms with Crippen molar-refractivity contribution in [1.82, 2.24) is 5.32 Å². The third kappa shape index (κ3) is 3.71. The minimum atomic E-state index is 0.332. The molecule has 0 heterocycles. The lowest BCUT2D eigenvalue weighted by molar-refractivity contribution is 0.493. The summed E-state index contributed by atoms with van der Waals surface area (Å²) in [5.74, 6) is 0. The summed E-state index contributed by atoms with van der Waals surface area (Å²) in [5.41, 5.74) is 5.36. The van der Waals surface area contributed by atoms with Gasteiger partial charge in [-0.15, -0.1) is 0 Å². The van der Waals surface area contributed by atoms with Crippen molar-refractivity contribution in [3.05, 3.63) is 69.2 Å². The van der Waals surface area contributed by atoms with Gasteiger partial charge in [0.2, 0.25) is 0 Å². The highest BCUT2D eigenvalue weighted by atomic mass is 79.9. The van der Waals surface area contributed by atoms with Gasteiger partial charge in [0.1, 0.15) is 0 Å². The maximum atomic E-state index is 3.68. The van der Waals surface area contributed by atoms with Crippen LogP contribution in [0.25, 0.3) is 0 Å². The van der Waals surface area contributed by atoms with Crippen LogP contribution in [0.15, 0.2) is 46.9 Å². The molecule has 2 aromatic carbocycles. The van der Waals surface area contributed by atoms with Gasteiger partial charge in [-0.05, 0) is 56.5 Å². The van der Waals surface area contributed by atoms with Crippen LogP contribution in [-0.2, 0) is 0 Å². The molecule has 1 N–H and O–H groups in total. The fourth-order valence-electron chi connectivity index (χ4n) is 2.62. The van der Waals surface area contributed by atoms with Crippen LogP contribution in [0.2, 0.25) is 0 Å². The molecule has 0 radical (unpaired) electrons. The fourth-order valence-corrected chi connectivity index (χ4v) is 2.89. The Labute approximate surface area is 130 Å². The average molecular weight is 332 g/mol. The first-order valence-corrected chi connectivity index (χ1v) is 7.85. The molecular formula is C18H22BrN. The van der Waals surface area contributed by atoms with E-state index in [9.17, 15) is 0 Å². The molecule has 0 bridgehead atoms. The van der Waals surface area contributed by atoms with Crippen molar-refractivity contribution < 1.29 is 0 Å². The van der Waals surface area contributed by atoms with Gasteiger partial charge in [-0.1, -0.05) is 51.8 Å². The van der Waals surface area contributed by atoms with E-state index < -0.39 is 0 Å². The van der Waals surface area contributed by atoms with Crippen molar-refractivity contribution in [2.75, 3.05) is 0 Å². The highest BCUT2D eigenvalue weighted by Crippen LogP contribution is 2.23. The van der Waals surface area contributed by atoms with Crippen LogP contribution in [-0.4, -0.2) is 0 Å². The summed E-state index contributed by atoms with van der Waals surface area (Å²) < 4.78 is 1.12. The van der Waals surface area contributed by atoms with Crippen LogP contribution in [0, 0.1) is 13.8 Å². The molecule has 0 saturated heterocycles. The normalized spacial score (nSPS) is 14.1. The minimum absolute atomic E-state index is 0.332. The van der Waals surface area contributed by atoms with E-state index in [1.165, 1.54) is 22.3 Å². The van der Waals surface area contributed by atoms with Gasteiger partial charge in [-0.2, -0.15) is 0 Å². The number of hydrogen-bond acceptors (Lipinski definition) is 1. The van der Waals surface area contributed by atoms with Crippen molar-refractivity contribution in [1.29, 1.82) is 0 Å². The van der Waals surface area contributed by atoms with E-state index in [-0.39, 0.29) is 0 Å². The molecule has 2 aromatic rings. The van der Waals surface area contributed by atoms with Gasteiger partial charge in [-0.3, -0.25) is 0 Å². The number of rotatable bonds is 4. The maximum absolute atomic E-state index is 3.68. The van der Waals surface area contributed by atoms with Gasteiger partial charge in [0, 0.05) is 16.6 Å². The Morgan fingerprint density at radius 1 is 0.900 bits per heavy atom. The lowest BCUT2D eigenvalue weighted by Gasteiger charge is -2.22. The second-order valence-electron chi connectivity index (χ2n) is 5.52. The summed E-state index contributed by atoms with van der Waals surface area (Å²) >= 11 is 3.48. The van der Waals surface area contributed by atoms with Crippen LogP contribution in [0.3, 0.4) is 0 Å². The molecule has 0 aromatic heterocycles. The Hall–Kier alpha value is -1.12. The first-order chi connectivity index (χ1) is 9.47. The Morgan fingerprint density at radius 2 is 1.55 bits per heavy atom. The molecule has 2 atom stereocenters. The number of nitrogens with one attached hydrogen (secondary N) is 1. The standard InChI is InChI=1S/C18H22BrN/c1-12-5-10-18(13(2)11-12)15(4)20-14(3)16-6-8-17(19)9-7-16/h5-11,14-15,20H,1-4H3/t14-,15?/m1/s1. The third-order valence-corrected chi connectivity index (χ3v) is 4.29. The van der Waals surface area contributed by atoms with Crippen molar-refractivity contribution in [2.24, 2.45) is 0 Å². The minimum Gasteiger partial charge on any atom is -0.304 e. The lowest BCUT2D eigenvalue weighted by Crippen LogP contribution is -2.23. The molecule has 0 aliphatic heterocycles. The zero-order chi connectivity index (χ0) is 14.7. The molecule has 0 fully saturated rings. The Balaban J connectivity index is 2.10. The van der Waals surface area contributed by atoms with Crippen molar-refractivity contribution >= 4 is 15.9 Å². The zero-order valence-electron chi connectivity index (χ0n) is 12.6. The first kappa shape index (κ1) is 15.3. The Morgan fingerprint density at radius 3 is 2.15 bits per heavy atom. The molecule has 0 spiro atoms. The van der Waals surface area contributed by atoms with Gasteiger partial charge in [-0.25, -0.2) is 0 Å². The summed E-state index contributed by atoms with van der Waals surface area (Å²) in [6, 6.07) is 15.9. The first-order valence-electron chi connectivity index (χ1n) is 7.06. The number of halogens is 1. The second-order valence-corrected chi connectivity index (χ2v) is 6.44. The number of hydrogen-bond donors (Lipinski definition) is 1. The molecule has 1 nitrogen and oxygen atoms in total. The van der Waals surface area contributed by atoms with E-state index in [0.717, 1.165) is 4.47 Å². The van der Waals surface area contributed by atoms with E-state index in [0.29, 0.717) is 12.1 Å². The molecule has 1 unspecified atom stereocenters. The van der Waals surface area contributed by atoms with Crippen LogP contribution >= 0.6 is 15.9 Å². The van der Waals surface area contributed by atoms with E-state index in [1.807, 2.05) is 0 Å². The van der Waals surface area contributed by atoms with Gasteiger partial charge < -0.3 is 5.32 Å². The molecule has 0 saturated carbocycles. The van der Waals surface area contributed by atoms with Gasteiger partial charge in [0.05, 0.1) is 0 Å². The van der Waals surface area contributed by atoms with Crippen LogP contribution < -0.4 is 5.32 Å². The van der Waals surface area contributed by atoms with Crippen LogP contribution in [0.1, 0.15) is 48.2 Å². The van der Waals surface area contributed by atoms with Crippen molar-refractivity contribution in [3.8, 4) is 0 Å². The van der Waals surface area contributed by atoms with Crippen molar-refractivity contribution in [3.63, 3.8) is 0 Å². The highest BCUT2D eigenvalue weighted by Gasteiger charge is 2.12. The molecule has 0 amide bonds. The largest absolute Gasteiger partial charge is 0.304 e. The Bertz CT molecular complexity index is 574. The van der Waals surface area contributed by atoms with Crippen LogP contribution in [0.4, 0.5) is 0 Å². The van der Waals surface area contributed by atoms with Gasteiger partial charge >= 0.3 is 0 Å². The maximum Gasteiger partial charge on any atom is 0.0300 e. The topological polar surface area (TPSA) is 12.0 Å². The molecule has 2 heteroatoms. The predicted molar refractivity (Wildman–Crippen MR) is 90.0 cm³/mol. The van der Waals surface area contributed by atoms with E-state index in [2.05, 4.69) is 91.4 Å². The second kappa shape index (κ2) is 6.55. The summed E-state index contributed by atoms with van der Waals surface area (Å²) in [5, 5.41) is 3.68. The van der Waals surface area contributed by atoms with Crippen LogP contribution in [0.5, 0.6) is 0 Å². The van der Waals surface area contributed by atoms with E-state index >= 15 is 0 Å². The Kier molecular flexibility index (Phi) is 5.00. The fraction of sp³-hybridized carbons (Fsp3) is 0.333. The molecular weight excluding hydrogens is 310 g/mol. The molecule has 2 rings (SSSR count). The number of benzene rings is 2. The SMILES string of the molecule is Cc1ccc(C(C)N[C@H](C)c2ccc(Br)cc2)c(C)c1. The quantitative estimate of drug-likeness (QED) is 0.782. The van der Waals surface area contributed by atoms with E-state index in [1.54, 1.807) is 0 Å². The molecule has 0 aliphatic carbocycles. The zero-order valence-corrected chi connectivity index (χ0v) is 14.2. The smallest absolute Gasteiger partial charge is 0.0300 e. The molecule has 20 heavy (non-hydrogen) atoms. The van der Waals surface area contributed by atoms with Gasteiger partial charge in [0.25, 0.3) is 0 Å². The number of aryl methyl sites for hydroxylation is 2. The monoisotopic (exact) mass is 331 g/mol. The van der Waals surface area contributed by atoms with Crippen molar-refractivity contribution in [2.45, 2.75) is 39.8 Å². The lowest BCUT2D eigenvalue weighted by atomic mass is 9.99. The third-order valence-electron chi connectivity index (χ3n) is 3.76. The highest BCUT2D eigenvalue weighted by molar-refractivity contribution is 9.10. The summed E-state index contributed by atoms with van der Waals surface area (Å²) in [7, 11) is 0. The summed E-state index contributed by atoms with van der Waals surface area (Å²) in [4.78, 5) is 0. The average Bonchev–Trinajstić information content (AvgIpc) is 2.39. The summed E-state index contributed by atoms with van der Waals surface area (Å²) in [6.45, 7) is 8.76. The van der Waals surface area contributed by atoms with E-state index in [4.69, 9.17) is 0 Å². The molecule has 0 aliphatic rings. The van der Waals surface area contributed by atoms with Gasteiger partial charge in [0.15, 0.2) is 0 Å². The molecule has 106 valence electrons. The summed E-state index contributed by atoms with van der Waals surface area (Å²) in [6.07, 6.45) is 0.